The summed E-state index contributed by atoms with van der Waals surface area (Å²) in [7, 11) is 0. The molecule has 1 heterocycles. The van der Waals surface area contributed by atoms with Crippen LogP contribution in [-0.4, -0.2) is 27.4 Å². The molecule has 0 saturated carbocycles. The number of amidine groups is 1. The van der Waals surface area contributed by atoms with Crippen LogP contribution < -0.4 is 0 Å². The third kappa shape index (κ3) is 4.09. The maximum absolute atomic E-state index is 12.7. The zero-order valence-corrected chi connectivity index (χ0v) is 16.1. The molecule has 1 fully saturated rings. The second-order valence-electron chi connectivity index (χ2n) is 6.19. The molecule has 0 atom stereocenters. The molecule has 1 amide bonds. The molecule has 1 aliphatic rings. The Morgan fingerprint density at radius 2 is 1.89 bits per heavy atom. The van der Waals surface area contributed by atoms with Crippen molar-refractivity contribution in [3.63, 3.8) is 0 Å². The van der Waals surface area contributed by atoms with E-state index in [9.17, 15) is 14.9 Å². The Hall–Kier alpha value is -2.93. The van der Waals surface area contributed by atoms with Gasteiger partial charge in [-0.2, -0.15) is 0 Å². The average molecular weight is 381 g/mol. The van der Waals surface area contributed by atoms with Crippen molar-refractivity contribution in [1.29, 1.82) is 0 Å². The van der Waals surface area contributed by atoms with Crippen LogP contribution in [0.15, 0.2) is 52.4 Å². The van der Waals surface area contributed by atoms with Crippen LogP contribution in [0.3, 0.4) is 0 Å². The van der Waals surface area contributed by atoms with E-state index in [0.717, 1.165) is 11.3 Å². The van der Waals surface area contributed by atoms with Crippen LogP contribution in [0.4, 0.5) is 11.4 Å². The number of aliphatic imine (C=N–C) groups is 1. The largest absolute Gasteiger partial charge is 0.287 e. The summed E-state index contributed by atoms with van der Waals surface area (Å²) in [5.74, 6) is -0.142. The number of nitro groups is 1. The van der Waals surface area contributed by atoms with Gasteiger partial charge in [-0.3, -0.25) is 19.8 Å². The number of likely N-dealkylation sites (N-methyl/N-ethyl adjacent to an activating group) is 1. The number of thioether (sulfide) groups is 1. The van der Waals surface area contributed by atoms with E-state index in [4.69, 9.17) is 0 Å². The van der Waals surface area contributed by atoms with Gasteiger partial charge in [-0.05, 0) is 56.3 Å². The van der Waals surface area contributed by atoms with E-state index in [1.165, 1.54) is 17.8 Å². The van der Waals surface area contributed by atoms with Crippen LogP contribution >= 0.6 is 11.8 Å². The van der Waals surface area contributed by atoms with Gasteiger partial charge in [0, 0.05) is 18.2 Å². The minimum Gasteiger partial charge on any atom is -0.287 e. The monoisotopic (exact) mass is 381 g/mol. The van der Waals surface area contributed by atoms with Crippen molar-refractivity contribution in [2.24, 2.45) is 4.99 Å². The van der Waals surface area contributed by atoms with Crippen molar-refractivity contribution in [2.45, 2.75) is 20.8 Å². The Morgan fingerprint density at radius 3 is 2.52 bits per heavy atom. The number of hydrogen-bond acceptors (Lipinski definition) is 5. The van der Waals surface area contributed by atoms with Crippen LogP contribution in [0.5, 0.6) is 0 Å². The van der Waals surface area contributed by atoms with Gasteiger partial charge in [0.1, 0.15) is 0 Å². The second-order valence-corrected chi connectivity index (χ2v) is 7.20. The highest BCUT2D eigenvalue weighted by atomic mass is 32.2. The standard InChI is InChI=1S/C20H19N3O3S/c1-4-22-19(24)18(12-15-8-7-14(3)17(11-15)23(25)26)27-20(22)21-16-9-5-13(2)6-10-16/h5-12H,4H2,1-3H3/b18-12+,21-20?. The highest BCUT2D eigenvalue weighted by Gasteiger charge is 2.32. The van der Waals surface area contributed by atoms with Gasteiger partial charge in [0.15, 0.2) is 5.17 Å². The van der Waals surface area contributed by atoms with E-state index in [0.29, 0.717) is 27.7 Å². The normalized spacial score (nSPS) is 17.1. The third-order valence-corrected chi connectivity index (χ3v) is 5.20. The van der Waals surface area contributed by atoms with Gasteiger partial charge in [0.05, 0.1) is 15.5 Å². The summed E-state index contributed by atoms with van der Waals surface area (Å²) in [5.41, 5.74) is 3.17. The van der Waals surface area contributed by atoms with Gasteiger partial charge < -0.3 is 0 Å². The van der Waals surface area contributed by atoms with E-state index in [2.05, 4.69) is 4.99 Å². The van der Waals surface area contributed by atoms with Crippen molar-refractivity contribution in [3.8, 4) is 0 Å². The molecule has 0 bridgehead atoms. The molecule has 0 N–H and O–H groups in total. The molecule has 0 unspecified atom stereocenters. The van der Waals surface area contributed by atoms with Crippen molar-refractivity contribution < 1.29 is 9.72 Å². The molecule has 27 heavy (non-hydrogen) atoms. The zero-order chi connectivity index (χ0) is 19.6. The molecule has 0 aromatic heterocycles. The SMILES string of the molecule is CCN1C(=O)/C(=C\c2ccc(C)c([N+](=O)[O-])c2)SC1=Nc1ccc(C)cc1. The van der Waals surface area contributed by atoms with Crippen LogP contribution in [0.1, 0.15) is 23.6 Å². The van der Waals surface area contributed by atoms with Gasteiger partial charge in [-0.25, -0.2) is 4.99 Å². The van der Waals surface area contributed by atoms with Crippen molar-refractivity contribution in [3.05, 3.63) is 74.2 Å². The Balaban J connectivity index is 1.94. The number of amides is 1. The fourth-order valence-electron chi connectivity index (χ4n) is 2.66. The maximum atomic E-state index is 12.7. The lowest BCUT2D eigenvalue weighted by Gasteiger charge is -2.12. The van der Waals surface area contributed by atoms with Gasteiger partial charge in [-0.1, -0.05) is 29.8 Å². The summed E-state index contributed by atoms with van der Waals surface area (Å²) in [6.45, 7) is 6.09. The van der Waals surface area contributed by atoms with Crippen LogP contribution in [0.25, 0.3) is 6.08 Å². The molecule has 2 aromatic rings. The summed E-state index contributed by atoms with van der Waals surface area (Å²) in [5, 5.41) is 11.7. The number of carbonyl (C=O) groups is 1. The number of hydrogen-bond donors (Lipinski definition) is 0. The van der Waals surface area contributed by atoms with E-state index in [1.807, 2.05) is 38.1 Å². The molecular weight excluding hydrogens is 362 g/mol. The number of carbonyl (C=O) groups excluding carboxylic acids is 1. The summed E-state index contributed by atoms with van der Waals surface area (Å²) < 4.78 is 0. The van der Waals surface area contributed by atoms with E-state index in [-0.39, 0.29) is 11.6 Å². The van der Waals surface area contributed by atoms with Crippen LogP contribution in [-0.2, 0) is 4.79 Å². The summed E-state index contributed by atoms with van der Waals surface area (Å²) in [6, 6.07) is 12.7. The van der Waals surface area contributed by atoms with E-state index in [1.54, 1.807) is 30.0 Å². The smallest absolute Gasteiger partial charge is 0.272 e. The Bertz CT molecular complexity index is 965. The highest BCUT2D eigenvalue weighted by molar-refractivity contribution is 8.18. The van der Waals surface area contributed by atoms with Crippen molar-refractivity contribution in [2.75, 3.05) is 6.54 Å². The fraction of sp³-hybridized carbons (Fsp3) is 0.200. The predicted octanol–water partition coefficient (Wildman–Crippen LogP) is 4.84. The number of aryl methyl sites for hydroxylation is 2. The quantitative estimate of drug-likeness (QED) is 0.432. The number of rotatable bonds is 4. The minimum atomic E-state index is -0.413. The molecule has 1 saturated heterocycles. The van der Waals surface area contributed by atoms with Crippen molar-refractivity contribution >= 4 is 40.3 Å². The second kappa shape index (κ2) is 7.75. The lowest BCUT2D eigenvalue weighted by Crippen LogP contribution is -2.28. The van der Waals surface area contributed by atoms with E-state index >= 15 is 0 Å². The summed E-state index contributed by atoms with van der Waals surface area (Å²) >= 11 is 1.28. The first-order valence-corrected chi connectivity index (χ1v) is 9.32. The Labute approximate surface area is 161 Å². The molecule has 0 radical (unpaired) electrons. The van der Waals surface area contributed by atoms with Crippen LogP contribution in [0, 0.1) is 24.0 Å². The average Bonchev–Trinajstić information content (AvgIpc) is 2.93. The molecule has 6 nitrogen and oxygen atoms in total. The predicted molar refractivity (Wildman–Crippen MR) is 109 cm³/mol. The summed E-state index contributed by atoms with van der Waals surface area (Å²) in [6.07, 6.45) is 1.68. The minimum absolute atomic E-state index is 0.0423. The number of benzene rings is 2. The summed E-state index contributed by atoms with van der Waals surface area (Å²) in [4.78, 5) is 30.1. The Kier molecular flexibility index (Phi) is 5.41. The van der Waals surface area contributed by atoms with Gasteiger partial charge in [0.25, 0.3) is 11.6 Å². The lowest BCUT2D eigenvalue weighted by molar-refractivity contribution is -0.385. The van der Waals surface area contributed by atoms with Crippen LogP contribution in [0.2, 0.25) is 0 Å². The number of nitrogens with zero attached hydrogens (tertiary/aromatic N) is 3. The molecule has 1 aliphatic heterocycles. The van der Waals surface area contributed by atoms with Gasteiger partial charge in [-0.15, -0.1) is 0 Å². The van der Waals surface area contributed by atoms with Gasteiger partial charge in [0.2, 0.25) is 0 Å². The lowest BCUT2D eigenvalue weighted by atomic mass is 10.1. The zero-order valence-electron chi connectivity index (χ0n) is 15.3. The molecule has 3 rings (SSSR count). The maximum Gasteiger partial charge on any atom is 0.272 e. The highest BCUT2D eigenvalue weighted by Crippen LogP contribution is 2.34. The molecular formula is C20H19N3O3S. The first-order chi connectivity index (χ1) is 12.9. The Morgan fingerprint density at radius 1 is 1.19 bits per heavy atom. The molecule has 2 aromatic carbocycles. The molecule has 0 aliphatic carbocycles. The first kappa shape index (κ1) is 18.8. The van der Waals surface area contributed by atoms with Crippen molar-refractivity contribution in [1.82, 2.24) is 4.90 Å². The topological polar surface area (TPSA) is 75.8 Å². The third-order valence-electron chi connectivity index (χ3n) is 4.19. The van der Waals surface area contributed by atoms with Gasteiger partial charge >= 0.3 is 0 Å². The molecule has 0 spiro atoms. The number of nitro benzene ring substituents is 1. The molecule has 138 valence electrons. The van der Waals surface area contributed by atoms with E-state index < -0.39 is 4.92 Å². The first-order valence-electron chi connectivity index (χ1n) is 8.51. The fourth-order valence-corrected chi connectivity index (χ4v) is 3.73. The molecule has 7 heteroatoms.